The molecule has 1 heterocycles. The molecule has 0 aliphatic heterocycles. The minimum atomic E-state index is 0.625. The summed E-state index contributed by atoms with van der Waals surface area (Å²) in [7, 11) is 0. The highest BCUT2D eigenvalue weighted by Crippen LogP contribution is 1.93. The average Bonchev–Trinajstić information content (AvgIpc) is 2.61. The molecule has 0 saturated heterocycles. The number of aryl methyl sites for hydroxylation is 1. The molecule has 0 radical (unpaired) electrons. The van der Waals surface area contributed by atoms with Crippen molar-refractivity contribution in [1.82, 2.24) is 14.8 Å². The molecule has 0 bridgehead atoms. The fourth-order valence-electron chi connectivity index (χ4n) is 0.758. The van der Waals surface area contributed by atoms with Gasteiger partial charge in [0.05, 0.1) is 6.07 Å². The summed E-state index contributed by atoms with van der Waals surface area (Å²) in [5.41, 5.74) is 0. The van der Waals surface area contributed by atoms with Crippen LogP contribution in [0.4, 0.5) is 0 Å². The lowest BCUT2D eigenvalue weighted by Crippen LogP contribution is -1.94. The van der Waals surface area contributed by atoms with Crippen LogP contribution in [0.25, 0.3) is 0 Å². The monoisotopic (exact) mass is 212 g/mol. The Morgan fingerprint density at radius 1 is 1.64 bits per heavy atom. The summed E-state index contributed by atoms with van der Waals surface area (Å²) in [6.07, 6.45) is 4.71. The summed E-state index contributed by atoms with van der Waals surface area (Å²) in [5, 5.41) is 14.1. The number of nitrogens with zero attached hydrogens (tertiary/aromatic N) is 3. The number of hydrogen-bond donors (Lipinski definition) is 1. The fraction of sp³-hybridized carbons (Fsp3) is 0.667. The molecule has 0 atom stereocenters. The molecule has 0 aliphatic carbocycles. The van der Waals surface area contributed by atoms with Gasteiger partial charge in [0, 0.05) is 13.0 Å². The van der Waals surface area contributed by atoms with Gasteiger partial charge in [-0.2, -0.15) is 10.4 Å². The molecule has 0 amide bonds. The number of unbranched alkanes of at least 4 members (excludes halogenated alkanes) is 1. The second-order valence-electron chi connectivity index (χ2n) is 2.72. The fourth-order valence-corrected chi connectivity index (χ4v) is 0.949. The second-order valence-corrected chi connectivity index (χ2v) is 3.11. The van der Waals surface area contributed by atoms with E-state index >= 15 is 0 Å². The van der Waals surface area contributed by atoms with Crippen LogP contribution in [0.5, 0.6) is 0 Å². The van der Waals surface area contributed by atoms with Gasteiger partial charge in [-0.15, -0.1) is 0 Å². The normalized spacial score (nSPS) is 8.64. The summed E-state index contributed by atoms with van der Waals surface area (Å²) >= 11 is 4.94. The number of hydrogen-bond acceptors (Lipinski definition) is 3. The van der Waals surface area contributed by atoms with Crippen LogP contribution in [0.15, 0.2) is 6.33 Å². The minimum absolute atomic E-state index is 0.625. The third kappa shape index (κ3) is 5.49. The van der Waals surface area contributed by atoms with Gasteiger partial charge in [-0.25, -0.2) is 0 Å². The van der Waals surface area contributed by atoms with E-state index in [0.29, 0.717) is 11.2 Å². The number of H-pyrrole nitrogens is 1. The largest absolute Gasteiger partial charge is 0.307 e. The van der Waals surface area contributed by atoms with Gasteiger partial charge >= 0.3 is 0 Å². The predicted molar refractivity (Wildman–Crippen MR) is 58.2 cm³/mol. The Morgan fingerprint density at radius 3 is 2.64 bits per heavy atom. The molecule has 14 heavy (non-hydrogen) atoms. The zero-order chi connectivity index (χ0) is 10.8. The van der Waals surface area contributed by atoms with E-state index in [1.165, 1.54) is 6.42 Å². The average molecular weight is 212 g/mol. The highest BCUT2D eigenvalue weighted by molar-refractivity contribution is 7.71. The number of nitrogens with one attached hydrogen (secondary N) is 1. The van der Waals surface area contributed by atoms with Crippen molar-refractivity contribution in [2.24, 2.45) is 0 Å². The predicted octanol–water partition coefficient (Wildman–Crippen LogP) is 2.66. The quantitative estimate of drug-likeness (QED) is 0.784. The van der Waals surface area contributed by atoms with E-state index in [0.717, 1.165) is 13.0 Å². The Labute approximate surface area is 89.6 Å². The molecule has 0 saturated carbocycles. The zero-order valence-corrected chi connectivity index (χ0v) is 9.47. The highest BCUT2D eigenvalue weighted by atomic mass is 32.1. The summed E-state index contributed by atoms with van der Waals surface area (Å²) in [6.45, 7) is 4.95. The van der Waals surface area contributed by atoms with Crippen molar-refractivity contribution in [3.05, 3.63) is 11.1 Å². The maximum absolute atomic E-state index is 7.62. The minimum Gasteiger partial charge on any atom is -0.307 e. The Bertz CT molecular complexity index is 320. The Balaban J connectivity index is 0.000000364. The molecule has 0 aliphatic rings. The van der Waals surface area contributed by atoms with Crippen LogP contribution >= 0.6 is 12.2 Å². The number of rotatable bonds is 3. The van der Waals surface area contributed by atoms with Crippen molar-refractivity contribution in [2.75, 3.05) is 0 Å². The lowest BCUT2D eigenvalue weighted by atomic mass is 10.3. The van der Waals surface area contributed by atoms with Crippen molar-refractivity contribution in [3.8, 4) is 6.07 Å². The Hall–Kier alpha value is -1.15. The zero-order valence-electron chi connectivity index (χ0n) is 8.66. The Morgan fingerprint density at radius 2 is 2.29 bits per heavy atom. The first kappa shape index (κ1) is 12.8. The van der Waals surface area contributed by atoms with Crippen molar-refractivity contribution < 1.29 is 0 Å². The van der Waals surface area contributed by atoms with Gasteiger partial charge in [0.2, 0.25) is 0 Å². The maximum atomic E-state index is 7.62. The topological polar surface area (TPSA) is 57.4 Å². The molecule has 4 nitrogen and oxygen atoms in total. The molecule has 0 fully saturated rings. The van der Waals surface area contributed by atoms with E-state index in [9.17, 15) is 0 Å². The third-order valence-corrected chi connectivity index (χ3v) is 1.85. The van der Waals surface area contributed by atoms with E-state index in [4.69, 9.17) is 17.5 Å². The smallest absolute Gasteiger partial charge is 0.194 e. The van der Waals surface area contributed by atoms with Crippen LogP contribution in [0.1, 0.15) is 33.1 Å². The van der Waals surface area contributed by atoms with Gasteiger partial charge < -0.3 is 4.57 Å². The Kier molecular flexibility index (Phi) is 7.75. The van der Waals surface area contributed by atoms with Crippen LogP contribution < -0.4 is 0 Å². The standard InChI is InChI=1S/C6H11N3S.C3H5N/c1-2-3-4-9-5-7-8-6(9)10;1-2-3-4/h5H,2-4H2,1H3,(H,8,10);2H2,1H3. The van der Waals surface area contributed by atoms with Crippen LogP contribution in [0.2, 0.25) is 0 Å². The third-order valence-electron chi connectivity index (χ3n) is 1.53. The SMILES string of the molecule is CCC#N.CCCCn1cn[nH]c1=S. The number of nitriles is 1. The lowest BCUT2D eigenvalue weighted by molar-refractivity contribution is 0.624. The molecule has 1 aromatic rings. The van der Waals surface area contributed by atoms with Gasteiger partial charge in [-0.05, 0) is 18.6 Å². The van der Waals surface area contributed by atoms with Crippen molar-refractivity contribution >= 4 is 12.2 Å². The van der Waals surface area contributed by atoms with E-state index in [1.807, 2.05) is 17.6 Å². The van der Waals surface area contributed by atoms with E-state index in [1.54, 1.807) is 6.33 Å². The van der Waals surface area contributed by atoms with Gasteiger partial charge in [0.15, 0.2) is 4.77 Å². The molecule has 0 spiro atoms. The van der Waals surface area contributed by atoms with Crippen LogP contribution in [0, 0.1) is 16.1 Å². The van der Waals surface area contributed by atoms with Crippen LogP contribution in [-0.2, 0) is 6.54 Å². The first-order chi connectivity index (χ1) is 6.76. The van der Waals surface area contributed by atoms with Gasteiger partial charge in [-0.3, -0.25) is 5.10 Å². The summed E-state index contributed by atoms with van der Waals surface area (Å²) < 4.78 is 2.66. The van der Waals surface area contributed by atoms with Crippen LogP contribution in [0.3, 0.4) is 0 Å². The molecular formula is C9H16N4S. The summed E-state index contributed by atoms with van der Waals surface area (Å²) in [5.74, 6) is 0. The number of aromatic nitrogens is 3. The van der Waals surface area contributed by atoms with Gasteiger partial charge in [-0.1, -0.05) is 20.3 Å². The van der Waals surface area contributed by atoms with Gasteiger partial charge in [0.25, 0.3) is 0 Å². The van der Waals surface area contributed by atoms with Crippen molar-refractivity contribution in [1.29, 1.82) is 5.26 Å². The molecule has 1 aromatic heterocycles. The first-order valence-electron chi connectivity index (χ1n) is 4.73. The maximum Gasteiger partial charge on any atom is 0.194 e. The molecule has 0 unspecified atom stereocenters. The molecule has 5 heteroatoms. The molecular weight excluding hydrogens is 196 g/mol. The second kappa shape index (κ2) is 8.45. The van der Waals surface area contributed by atoms with Gasteiger partial charge in [0.1, 0.15) is 6.33 Å². The van der Waals surface area contributed by atoms with E-state index < -0.39 is 0 Å². The summed E-state index contributed by atoms with van der Waals surface area (Å²) in [6, 6.07) is 1.93. The molecule has 1 rings (SSSR count). The lowest BCUT2D eigenvalue weighted by Gasteiger charge is -1.96. The molecule has 1 N–H and O–H groups in total. The van der Waals surface area contributed by atoms with E-state index in [2.05, 4.69) is 17.1 Å². The van der Waals surface area contributed by atoms with Crippen LogP contribution in [-0.4, -0.2) is 14.8 Å². The van der Waals surface area contributed by atoms with Crippen molar-refractivity contribution in [3.63, 3.8) is 0 Å². The molecule has 78 valence electrons. The number of aromatic amines is 1. The van der Waals surface area contributed by atoms with Crippen molar-refractivity contribution in [2.45, 2.75) is 39.7 Å². The van der Waals surface area contributed by atoms with E-state index in [-0.39, 0.29) is 0 Å². The molecule has 0 aromatic carbocycles. The summed E-state index contributed by atoms with van der Waals surface area (Å²) in [4.78, 5) is 0. The first-order valence-corrected chi connectivity index (χ1v) is 5.13. The highest BCUT2D eigenvalue weighted by Gasteiger charge is 1.90.